The second kappa shape index (κ2) is 2.90. The van der Waals surface area contributed by atoms with E-state index in [0.717, 1.165) is 13.0 Å². The zero-order chi connectivity index (χ0) is 8.55. The van der Waals surface area contributed by atoms with Crippen molar-refractivity contribution in [1.29, 1.82) is 0 Å². The van der Waals surface area contributed by atoms with Gasteiger partial charge in [-0.15, -0.1) is 0 Å². The fourth-order valence-electron chi connectivity index (χ4n) is 2.02. The fraction of sp³-hybridized carbons (Fsp3) is 0.667. The van der Waals surface area contributed by atoms with E-state index < -0.39 is 0 Å². The van der Waals surface area contributed by atoms with Crippen LogP contribution < -0.4 is 5.73 Å². The molecule has 1 aromatic rings. The monoisotopic (exact) mass is 165 g/mol. The van der Waals surface area contributed by atoms with Gasteiger partial charge in [0.2, 0.25) is 0 Å². The molecule has 2 rings (SSSR count). The van der Waals surface area contributed by atoms with Gasteiger partial charge >= 0.3 is 0 Å². The lowest BCUT2D eigenvalue weighted by Crippen LogP contribution is -2.09. The molecule has 2 N–H and O–H groups in total. The highest BCUT2D eigenvalue weighted by Gasteiger charge is 2.22. The molecular weight excluding hydrogens is 150 g/mol. The van der Waals surface area contributed by atoms with E-state index in [0.29, 0.717) is 6.04 Å². The first-order valence-corrected chi connectivity index (χ1v) is 4.55. The number of fused-ring (bicyclic) bond motifs is 1. The van der Waals surface area contributed by atoms with E-state index in [9.17, 15) is 0 Å². The minimum absolute atomic E-state index is 0.617. The number of nitrogens with two attached hydrogens (primary N) is 1. The maximum absolute atomic E-state index is 5.54. The number of aromatic nitrogens is 2. The van der Waals surface area contributed by atoms with Crippen molar-refractivity contribution in [2.24, 2.45) is 5.73 Å². The van der Waals surface area contributed by atoms with Gasteiger partial charge in [-0.3, -0.25) is 0 Å². The molecule has 66 valence electrons. The van der Waals surface area contributed by atoms with Crippen LogP contribution in [0.5, 0.6) is 0 Å². The summed E-state index contributed by atoms with van der Waals surface area (Å²) in [5.74, 6) is 0. The van der Waals surface area contributed by atoms with E-state index in [1.165, 1.54) is 24.2 Å². The molecule has 2 heterocycles. The minimum atomic E-state index is 0.617. The molecule has 0 radical (unpaired) electrons. The smallest absolute Gasteiger partial charge is 0.0954 e. The van der Waals surface area contributed by atoms with E-state index >= 15 is 0 Å². The van der Waals surface area contributed by atoms with Gasteiger partial charge in [-0.05, 0) is 32.7 Å². The summed E-state index contributed by atoms with van der Waals surface area (Å²) in [4.78, 5) is 4.29. The summed E-state index contributed by atoms with van der Waals surface area (Å²) in [7, 11) is 0. The van der Waals surface area contributed by atoms with E-state index in [1.54, 1.807) is 0 Å². The average molecular weight is 165 g/mol. The Kier molecular flexibility index (Phi) is 1.89. The third-order valence-electron chi connectivity index (χ3n) is 2.71. The second-order valence-electron chi connectivity index (χ2n) is 3.45. The van der Waals surface area contributed by atoms with Gasteiger partial charge in [0.25, 0.3) is 0 Å². The molecule has 1 aliphatic rings. The summed E-state index contributed by atoms with van der Waals surface area (Å²) in [5, 5.41) is 0. The van der Waals surface area contributed by atoms with Crippen LogP contribution in [0.3, 0.4) is 0 Å². The predicted octanol–water partition coefficient (Wildman–Crippen LogP) is 1.03. The van der Waals surface area contributed by atoms with Crippen molar-refractivity contribution >= 4 is 0 Å². The molecule has 0 saturated heterocycles. The van der Waals surface area contributed by atoms with Crippen LogP contribution in [-0.2, 0) is 6.42 Å². The maximum atomic E-state index is 5.54. The topological polar surface area (TPSA) is 43.8 Å². The highest BCUT2D eigenvalue weighted by molar-refractivity contribution is 5.16. The lowest BCUT2D eigenvalue weighted by molar-refractivity contribution is 0.493. The van der Waals surface area contributed by atoms with E-state index in [-0.39, 0.29) is 0 Å². The number of imidazole rings is 1. The zero-order valence-corrected chi connectivity index (χ0v) is 7.45. The molecule has 0 bridgehead atoms. The molecule has 3 nitrogen and oxygen atoms in total. The summed E-state index contributed by atoms with van der Waals surface area (Å²) in [5.41, 5.74) is 8.14. The van der Waals surface area contributed by atoms with Crippen LogP contribution in [0, 0.1) is 6.92 Å². The lowest BCUT2D eigenvalue weighted by atomic mass is 10.1. The summed E-state index contributed by atoms with van der Waals surface area (Å²) in [6, 6.07) is 0.617. The van der Waals surface area contributed by atoms with Gasteiger partial charge in [-0.25, -0.2) is 4.98 Å². The summed E-state index contributed by atoms with van der Waals surface area (Å²) >= 11 is 0. The van der Waals surface area contributed by atoms with E-state index in [2.05, 4.69) is 16.5 Å². The van der Waals surface area contributed by atoms with Crippen molar-refractivity contribution in [2.45, 2.75) is 32.2 Å². The Hall–Kier alpha value is -0.830. The van der Waals surface area contributed by atoms with Gasteiger partial charge in [-0.1, -0.05) is 0 Å². The second-order valence-corrected chi connectivity index (χ2v) is 3.45. The van der Waals surface area contributed by atoms with Crippen molar-refractivity contribution < 1.29 is 0 Å². The molecule has 0 amide bonds. The Morgan fingerprint density at radius 1 is 1.75 bits per heavy atom. The average Bonchev–Trinajstić information content (AvgIpc) is 2.58. The van der Waals surface area contributed by atoms with E-state index in [1.807, 2.05) is 6.33 Å². The Bertz CT molecular complexity index is 277. The molecule has 1 atom stereocenters. The van der Waals surface area contributed by atoms with E-state index in [4.69, 9.17) is 5.73 Å². The fourth-order valence-corrected chi connectivity index (χ4v) is 2.02. The van der Waals surface area contributed by atoms with Crippen LogP contribution in [-0.4, -0.2) is 16.1 Å². The normalized spacial score (nSPS) is 21.3. The van der Waals surface area contributed by atoms with Crippen LogP contribution in [0.2, 0.25) is 0 Å². The Labute approximate surface area is 72.6 Å². The van der Waals surface area contributed by atoms with Crippen LogP contribution in [0.15, 0.2) is 6.33 Å². The summed E-state index contributed by atoms with van der Waals surface area (Å²) < 4.78 is 2.29. The molecule has 1 aliphatic heterocycles. The predicted molar refractivity (Wildman–Crippen MR) is 48.0 cm³/mol. The molecule has 0 aromatic carbocycles. The molecular formula is C9H15N3. The molecule has 0 spiro atoms. The zero-order valence-electron chi connectivity index (χ0n) is 7.45. The highest BCUT2D eigenvalue weighted by Crippen LogP contribution is 2.29. The van der Waals surface area contributed by atoms with Gasteiger partial charge in [0.05, 0.1) is 12.0 Å². The summed E-state index contributed by atoms with van der Waals surface area (Å²) in [6.07, 6.45) is 5.47. The number of aryl methyl sites for hydroxylation is 1. The van der Waals surface area contributed by atoms with Crippen LogP contribution >= 0.6 is 0 Å². The third-order valence-corrected chi connectivity index (χ3v) is 2.71. The summed E-state index contributed by atoms with van der Waals surface area (Å²) in [6.45, 7) is 2.86. The van der Waals surface area contributed by atoms with Gasteiger partial charge in [0, 0.05) is 11.7 Å². The van der Waals surface area contributed by atoms with Crippen molar-refractivity contribution in [3.05, 3.63) is 17.7 Å². The minimum Gasteiger partial charge on any atom is -0.331 e. The Morgan fingerprint density at radius 3 is 3.33 bits per heavy atom. The standard InChI is InChI=1S/C9H15N3/c1-7-9-3-2-8(4-5-10)12(9)6-11-7/h6,8H,2-5,10H2,1H3. The van der Waals surface area contributed by atoms with Crippen LogP contribution in [0.1, 0.15) is 30.3 Å². The maximum Gasteiger partial charge on any atom is 0.0954 e. The SMILES string of the molecule is Cc1ncn2c1CCC2CCN. The lowest BCUT2D eigenvalue weighted by Gasteiger charge is -2.09. The van der Waals surface area contributed by atoms with Crippen molar-refractivity contribution in [2.75, 3.05) is 6.54 Å². The van der Waals surface area contributed by atoms with Crippen LogP contribution in [0.4, 0.5) is 0 Å². The van der Waals surface area contributed by atoms with Crippen molar-refractivity contribution in [1.82, 2.24) is 9.55 Å². The first-order chi connectivity index (χ1) is 5.83. The first-order valence-electron chi connectivity index (χ1n) is 4.55. The largest absolute Gasteiger partial charge is 0.331 e. The number of nitrogens with zero attached hydrogens (tertiary/aromatic N) is 2. The molecule has 1 aromatic heterocycles. The molecule has 0 saturated carbocycles. The van der Waals surface area contributed by atoms with Crippen molar-refractivity contribution in [3.8, 4) is 0 Å². The van der Waals surface area contributed by atoms with Gasteiger partial charge in [0.1, 0.15) is 0 Å². The highest BCUT2D eigenvalue weighted by atomic mass is 15.1. The van der Waals surface area contributed by atoms with Gasteiger partial charge in [-0.2, -0.15) is 0 Å². The molecule has 0 fully saturated rings. The van der Waals surface area contributed by atoms with Crippen molar-refractivity contribution in [3.63, 3.8) is 0 Å². The first kappa shape index (κ1) is 7.80. The molecule has 3 heteroatoms. The third kappa shape index (κ3) is 1.05. The molecule has 12 heavy (non-hydrogen) atoms. The van der Waals surface area contributed by atoms with Gasteiger partial charge < -0.3 is 10.3 Å². The quantitative estimate of drug-likeness (QED) is 0.711. The number of hydrogen-bond acceptors (Lipinski definition) is 2. The molecule has 0 aliphatic carbocycles. The Balaban J connectivity index is 2.24. The number of rotatable bonds is 2. The molecule has 1 unspecified atom stereocenters. The van der Waals surface area contributed by atoms with Crippen LogP contribution in [0.25, 0.3) is 0 Å². The Morgan fingerprint density at radius 2 is 2.58 bits per heavy atom. The number of hydrogen-bond donors (Lipinski definition) is 1. The van der Waals surface area contributed by atoms with Gasteiger partial charge in [0.15, 0.2) is 0 Å².